The van der Waals surface area contributed by atoms with Gasteiger partial charge in [0, 0.05) is 5.69 Å². The quantitative estimate of drug-likeness (QED) is 0.371. The van der Waals surface area contributed by atoms with Crippen molar-refractivity contribution in [2.75, 3.05) is 11.9 Å². The Morgan fingerprint density at radius 1 is 1.08 bits per heavy atom. The number of hydrogen-bond donors (Lipinski definition) is 2. The molecule has 39 heavy (non-hydrogen) atoms. The number of carbonyl (C=O) groups is 2. The molecule has 0 unspecified atom stereocenters. The van der Waals surface area contributed by atoms with Crippen LogP contribution in [0.4, 0.5) is 10.1 Å². The van der Waals surface area contributed by atoms with Gasteiger partial charge in [-0.05, 0) is 60.5 Å². The second-order valence-electron chi connectivity index (χ2n) is 8.70. The van der Waals surface area contributed by atoms with Crippen molar-refractivity contribution < 1.29 is 23.8 Å². The summed E-state index contributed by atoms with van der Waals surface area (Å²) in [5.74, 6) is -1.54. The van der Waals surface area contributed by atoms with Crippen LogP contribution in [0.25, 0.3) is 6.08 Å². The van der Waals surface area contributed by atoms with Crippen LogP contribution in [0.15, 0.2) is 99.9 Å². The van der Waals surface area contributed by atoms with Gasteiger partial charge < -0.3 is 15.2 Å². The van der Waals surface area contributed by atoms with E-state index in [9.17, 15) is 18.8 Å². The van der Waals surface area contributed by atoms with E-state index in [4.69, 9.17) is 9.84 Å². The van der Waals surface area contributed by atoms with Crippen molar-refractivity contribution in [1.82, 2.24) is 4.57 Å². The van der Waals surface area contributed by atoms with Gasteiger partial charge >= 0.3 is 5.97 Å². The van der Waals surface area contributed by atoms with Gasteiger partial charge in [-0.25, -0.2) is 14.2 Å². The normalized spacial score (nSPS) is 14.9. The van der Waals surface area contributed by atoms with Gasteiger partial charge in [-0.2, -0.15) is 0 Å². The molecule has 2 N–H and O–H groups in total. The summed E-state index contributed by atoms with van der Waals surface area (Å²) in [6.45, 7) is 1.25. The number of anilines is 1. The Morgan fingerprint density at radius 2 is 1.77 bits per heavy atom. The van der Waals surface area contributed by atoms with E-state index < -0.39 is 30.3 Å². The average Bonchev–Trinajstić information content (AvgIpc) is 3.22. The zero-order valence-electron chi connectivity index (χ0n) is 20.6. The Bertz CT molecular complexity index is 1760. The second kappa shape index (κ2) is 10.9. The Morgan fingerprint density at radius 3 is 2.44 bits per heavy atom. The molecule has 0 aliphatic carbocycles. The van der Waals surface area contributed by atoms with Crippen molar-refractivity contribution in [1.29, 1.82) is 0 Å². The molecule has 8 nitrogen and oxygen atoms in total. The number of halogens is 1. The summed E-state index contributed by atoms with van der Waals surface area (Å²) < 4.78 is 20.8. The molecule has 196 valence electrons. The lowest BCUT2D eigenvalue weighted by Crippen LogP contribution is -2.40. The van der Waals surface area contributed by atoms with Crippen LogP contribution in [0.2, 0.25) is 0 Å². The highest BCUT2D eigenvalue weighted by atomic mass is 32.1. The largest absolute Gasteiger partial charge is 0.482 e. The highest BCUT2D eigenvalue weighted by Crippen LogP contribution is 2.31. The summed E-state index contributed by atoms with van der Waals surface area (Å²) in [4.78, 5) is 42.9. The molecule has 5 rings (SSSR count). The van der Waals surface area contributed by atoms with Crippen LogP contribution in [0.3, 0.4) is 0 Å². The van der Waals surface area contributed by atoms with Gasteiger partial charge in [0.2, 0.25) is 0 Å². The van der Waals surface area contributed by atoms with Crippen molar-refractivity contribution in [3.63, 3.8) is 0 Å². The van der Waals surface area contributed by atoms with Crippen LogP contribution in [0, 0.1) is 5.82 Å². The van der Waals surface area contributed by atoms with Gasteiger partial charge in [-0.15, -0.1) is 0 Å². The van der Waals surface area contributed by atoms with Crippen molar-refractivity contribution in [3.8, 4) is 5.75 Å². The standard InChI is InChI=1S/C29H22FN3O5S/c1-17-25(27(36)32-21-5-3-2-4-6-21)26(19-9-11-20(30)12-10-19)33-28(37)23(39-29(33)31-17)15-18-7-13-22(14-8-18)38-16-24(34)35/h2-15,26H,16H2,1H3,(H,32,36)(H,34,35)/b23-15-/t26-/m1/s1. The highest BCUT2D eigenvalue weighted by Gasteiger charge is 2.32. The van der Waals surface area contributed by atoms with Gasteiger partial charge in [0.15, 0.2) is 11.4 Å². The molecule has 0 saturated heterocycles. The first kappa shape index (κ1) is 25.8. The fourth-order valence-corrected chi connectivity index (χ4v) is 5.30. The zero-order chi connectivity index (χ0) is 27.5. The SMILES string of the molecule is CC1=C(C(=O)Nc2ccccc2)[C@@H](c2ccc(F)cc2)n2c(s/c(=C\c3ccc(OCC(=O)O)cc3)c2=O)=N1. The Labute approximate surface area is 225 Å². The number of rotatable bonds is 7. The first-order chi connectivity index (χ1) is 18.8. The molecule has 10 heteroatoms. The highest BCUT2D eigenvalue weighted by molar-refractivity contribution is 7.07. The minimum atomic E-state index is -1.08. The van der Waals surface area contributed by atoms with Crippen LogP contribution in [-0.4, -0.2) is 28.2 Å². The fourth-order valence-electron chi connectivity index (χ4n) is 4.25. The summed E-state index contributed by atoms with van der Waals surface area (Å²) in [6, 6.07) is 20.5. The predicted molar refractivity (Wildman–Crippen MR) is 145 cm³/mol. The molecule has 0 radical (unpaired) electrons. The molecule has 2 heterocycles. The zero-order valence-corrected chi connectivity index (χ0v) is 21.4. The van der Waals surface area contributed by atoms with Gasteiger partial charge in [0.1, 0.15) is 11.6 Å². The summed E-state index contributed by atoms with van der Waals surface area (Å²) in [7, 11) is 0. The molecule has 0 fully saturated rings. The maximum atomic E-state index is 13.8. The van der Waals surface area contributed by atoms with E-state index in [1.807, 2.05) is 6.07 Å². The Kier molecular flexibility index (Phi) is 7.20. The summed E-state index contributed by atoms with van der Waals surface area (Å²) >= 11 is 1.18. The van der Waals surface area contributed by atoms with Gasteiger partial charge in [0.25, 0.3) is 11.5 Å². The number of aromatic nitrogens is 1. The number of allylic oxidation sites excluding steroid dienone is 1. The number of hydrogen-bond acceptors (Lipinski definition) is 6. The van der Waals surface area contributed by atoms with Crippen molar-refractivity contribution in [2.24, 2.45) is 4.99 Å². The van der Waals surface area contributed by atoms with E-state index in [-0.39, 0.29) is 11.1 Å². The van der Waals surface area contributed by atoms with Gasteiger partial charge in [-0.1, -0.05) is 53.8 Å². The van der Waals surface area contributed by atoms with Crippen LogP contribution >= 0.6 is 11.3 Å². The van der Waals surface area contributed by atoms with Crippen molar-refractivity contribution in [3.05, 3.63) is 127 Å². The number of nitrogens with one attached hydrogen (secondary N) is 1. The lowest BCUT2D eigenvalue weighted by Gasteiger charge is -2.25. The molecule has 0 saturated carbocycles. The summed E-state index contributed by atoms with van der Waals surface area (Å²) in [5, 5.41) is 11.6. The number of carboxylic acid groups (broad SMARTS) is 1. The molecule has 0 bridgehead atoms. The minimum absolute atomic E-state index is 0.282. The lowest BCUT2D eigenvalue weighted by molar-refractivity contribution is -0.139. The molecule has 1 aromatic heterocycles. The lowest BCUT2D eigenvalue weighted by atomic mass is 9.95. The third kappa shape index (κ3) is 5.55. The molecule has 1 aliphatic rings. The van der Waals surface area contributed by atoms with Crippen LogP contribution in [0.5, 0.6) is 5.75 Å². The number of aliphatic carboxylic acids is 1. The molecule has 1 amide bonds. The fraction of sp³-hybridized carbons (Fsp3) is 0.103. The van der Waals surface area contributed by atoms with E-state index in [2.05, 4.69) is 10.3 Å². The number of carbonyl (C=O) groups excluding carboxylic acids is 1. The minimum Gasteiger partial charge on any atom is -0.482 e. The number of thiazole rings is 1. The number of carboxylic acids is 1. The summed E-state index contributed by atoms with van der Waals surface area (Å²) in [5.41, 5.74) is 2.23. The van der Waals surface area contributed by atoms with E-state index in [0.717, 1.165) is 0 Å². The number of benzene rings is 3. The number of amides is 1. The number of ether oxygens (including phenoxy) is 1. The maximum absolute atomic E-state index is 13.8. The number of para-hydroxylation sites is 1. The molecular weight excluding hydrogens is 521 g/mol. The average molecular weight is 544 g/mol. The predicted octanol–water partition coefficient (Wildman–Crippen LogP) is 3.48. The van der Waals surface area contributed by atoms with E-state index in [1.165, 1.54) is 28.0 Å². The monoisotopic (exact) mass is 543 g/mol. The summed E-state index contributed by atoms with van der Waals surface area (Å²) in [6.07, 6.45) is 1.69. The van der Waals surface area contributed by atoms with Crippen molar-refractivity contribution in [2.45, 2.75) is 13.0 Å². The van der Waals surface area contributed by atoms with E-state index in [0.29, 0.717) is 37.6 Å². The third-order valence-corrected chi connectivity index (χ3v) is 7.01. The first-order valence-electron chi connectivity index (χ1n) is 11.9. The van der Waals surface area contributed by atoms with Crippen molar-refractivity contribution >= 4 is 35.0 Å². The molecule has 0 spiro atoms. The molecule has 4 aromatic rings. The number of nitrogens with zero attached hydrogens (tertiary/aromatic N) is 2. The maximum Gasteiger partial charge on any atom is 0.341 e. The second-order valence-corrected chi connectivity index (χ2v) is 9.71. The van der Waals surface area contributed by atoms with Gasteiger partial charge in [-0.3, -0.25) is 14.2 Å². The Balaban J connectivity index is 1.58. The van der Waals surface area contributed by atoms with E-state index in [1.54, 1.807) is 73.7 Å². The third-order valence-electron chi connectivity index (χ3n) is 6.02. The van der Waals surface area contributed by atoms with Crippen LogP contribution in [0.1, 0.15) is 24.1 Å². The smallest absolute Gasteiger partial charge is 0.341 e. The van der Waals surface area contributed by atoms with E-state index >= 15 is 0 Å². The topological polar surface area (TPSA) is 110 Å². The van der Waals surface area contributed by atoms with Gasteiger partial charge in [0.05, 0.1) is 21.8 Å². The molecule has 3 aromatic carbocycles. The first-order valence-corrected chi connectivity index (χ1v) is 12.7. The number of fused-ring (bicyclic) bond motifs is 1. The molecule has 1 aliphatic heterocycles. The molecular formula is C29H22FN3O5S. The van der Waals surface area contributed by atoms with Crippen LogP contribution in [-0.2, 0) is 9.59 Å². The Hall–Kier alpha value is -4.83. The molecule has 1 atom stereocenters. The van der Waals surface area contributed by atoms with Crippen LogP contribution < -0.4 is 24.9 Å².